The summed E-state index contributed by atoms with van der Waals surface area (Å²) in [5, 5.41) is 5.77. The smallest absolute Gasteiger partial charge is 0.196 e. The van der Waals surface area contributed by atoms with Gasteiger partial charge in [-0.15, -0.1) is 11.3 Å². The Morgan fingerprint density at radius 2 is 1.65 bits per heavy atom. The normalized spacial score (nSPS) is 11.2. The topological polar surface area (TPSA) is 60.5 Å². The second-order valence-electron chi connectivity index (χ2n) is 7.15. The van der Waals surface area contributed by atoms with Crippen molar-refractivity contribution in [3.8, 4) is 11.5 Å². The zero-order valence-electron chi connectivity index (χ0n) is 17.1. The van der Waals surface area contributed by atoms with Crippen molar-refractivity contribution in [2.24, 2.45) is 0 Å². The first-order chi connectivity index (χ1) is 15.2. The number of hydrogen-bond acceptors (Lipinski definition) is 6. The van der Waals surface area contributed by atoms with E-state index in [2.05, 4.69) is 5.32 Å². The summed E-state index contributed by atoms with van der Waals surface area (Å²) >= 11 is 1.59. The van der Waals surface area contributed by atoms with Crippen LogP contribution in [0.15, 0.2) is 71.5 Å². The molecule has 5 aromatic rings. The highest BCUT2D eigenvalue weighted by Crippen LogP contribution is 2.34. The molecule has 6 heteroatoms. The van der Waals surface area contributed by atoms with E-state index in [4.69, 9.17) is 14.5 Å². The number of ether oxygens (including phenoxy) is 2. The largest absolute Gasteiger partial charge is 0.493 e. The van der Waals surface area contributed by atoms with Gasteiger partial charge in [0.2, 0.25) is 0 Å². The molecule has 0 saturated carbocycles. The molecule has 0 saturated heterocycles. The standard InChI is InChI=1S/C25H20N2O3S/c1-29-19-12-11-15(13-20(19)30-2)14-26-25-24-22(16-7-3-5-9-18(16)27-25)23(28)17-8-4-6-10-21(17)31-24/h3-13H,14H2,1-2H3,(H,26,27). The number of nitrogens with zero attached hydrogens (tertiary/aromatic N) is 1. The number of fused-ring (bicyclic) bond motifs is 4. The first-order valence-corrected chi connectivity index (χ1v) is 10.7. The predicted octanol–water partition coefficient (Wildman–Crippen LogP) is 5.59. The van der Waals surface area contributed by atoms with Crippen LogP contribution >= 0.6 is 11.3 Å². The van der Waals surface area contributed by atoms with E-state index in [1.54, 1.807) is 25.6 Å². The van der Waals surface area contributed by atoms with Crippen LogP contribution in [0.2, 0.25) is 0 Å². The quantitative estimate of drug-likeness (QED) is 0.292. The number of pyridine rings is 1. The highest BCUT2D eigenvalue weighted by molar-refractivity contribution is 7.25. The molecule has 5 nitrogen and oxygen atoms in total. The summed E-state index contributed by atoms with van der Waals surface area (Å²) in [5.74, 6) is 2.07. The molecule has 0 fully saturated rings. The number of benzene rings is 3. The van der Waals surface area contributed by atoms with Crippen molar-refractivity contribution < 1.29 is 9.47 Å². The minimum atomic E-state index is 0.0390. The van der Waals surface area contributed by atoms with Gasteiger partial charge in [0.25, 0.3) is 0 Å². The van der Waals surface area contributed by atoms with Gasteiger partial charge in [0.15, 0.2) is 16.9 Å². The zero-order valence-corrected chi connectivity index (χ0v) is 18.0. The number of methoxy groups -OCH3 is 2. The average molecular weight is 429 g/mol. The van der Waals surface area contributed by atoms with Crippen LogP contribution in [-0.4, -0.2) is 19.2 Å². The van der Waals surface area contributed by atoms with Crippen molar-refractivity contribution in [1.82, 2.24) is 4.98 Å². The van der Waals surface area contributed by atoms with Gasteiger partial charge < -0.3 is 14.8 Å². The van der Waals surface area contributed by atoms with Crippen LogP contribution in [0.25, 0.3) is 31.1 Å². The van der Waals surface area contributed by atoms with Crippen LogP contribution in [0.5, 0.6) is 11.5 Å². The second kappa shape index (κ2) is 7.89. The maximum atomic E-state index is 13.4. The summed E-state index contributed by atoms with van der Waals surface area (Å²) in [6.07, 6.45) is 0. The number of para-hydroxylation sites is 1. The summed E-state index contributed by atoms with van der Waals surface area (Å²) in [6, 6.07) is 21.3. The number of anilines is 1. The van der Waals surface area contributed by atoms with Crippen LogP contribution in [0.1, 0.15) is 5.56 Å². The Morgan fingerprint density at radius 1 is 0.903 bits per heavy atom. The molecular weight excluding hydrogens is 408 g/mol. The highest BCUT2D eigenvalue weighted by Gasteiger charge is 2.15. The summed E-state index contributed by atoms with van der Waals surface area (Å²) in [7, 11) is 3.24. The second-order valence-corrected chi connectivity index (χ2v) is 8.20. The molecule has 0 radical (unpaired) electrons. The van der Waals surface area contributed by atoms with E-state index in [1.165, 1.54) is 0 Å². The molecule has 0 atom stereocenters. The van der Waals surface area contributed by atoms with Crippen LogP contribution in [0.4, 0.5) is 5.82 Å². The van der Waals surface area contributed by atoms with Gasteiger partial charge >= 0.3 is 0 Å². The molecule has 0 unspecified atom stereocenters. The molecule has 0 spiro atoms. The Hall–Kier alpha value is -3.64. The Balaban J connectivity index is 1.67. The molecule has 0 bridgehead atoms. The first kappa shape index (κ1) is 19.3. The van der Waals surface area contributed by atoms with Gasteiger partial charge in [0.05, 0.1) is 29.8 Å². The Bertz CT molecular complexity index is 1490. The first-order valence-electron chi connectivity index (χ1n) is 9.88. The van der Waals surface area contributed by atoms with Gasteiger partial charge in [-0.1, -0.05) is 36.4 Å². The lowest BCUT2D eigenvalue weighted by molar-refractivity contribution is 0.354. The van der Waals surface area contributed by atoms with E-state index in [0.717, 1.165) is 31.3 Å². The fraction of sp³-hybridized carbons (Fsp3) is 0.120. The van der Waals surface area contributed by atoms with E-state index >= 15 is 0 Å². The van der Waals surface area contributed by atoms with Gasteiger partial charge in [-0.2, -0.15) is 0 Å². The fourth-order valence-corrected chi connectivity index (χ4v) is 4.96. The fourth-order valence-electron chi connectivity index (χ4n) is 3.80. The maximum Gasteiger partial charge on any atom is 0.196 e. The lowest BCUT2D eigenvalue weighted by atomic mass is 10.1. The third-order valence-corrected chi connectivity index (χ3v) is 6.50. The number of nitrogens with one attached hydrogen (secondary N) is 1. The van der Waals surface area contributed by atoms with E-state index < -0.39 is 0 Å². The summed E-state index contributed by atoms with van der Waals surface area (Å²) in [6.45, 7) is 0.536. The van der Waals surface area contributed by atoms with Gasteiger partial charge in [-0.05, 0) is 35.9 Å². The van der Waals surface area contributed by atoms with Gasteiger partial charge in [0.1, 0.15) is 5.82 Å². The zero-order chi connectivity index (χ0) is 21.4. The minimum Gasteiger partial charge on any atom is -0.493 e. The van der Waals surface area contributed by atoms with Crippen molar-refractivity contribution >= 4 is 48.2 Å². The molecule has 0 aliphatic heterocycles. The summed E-state index contributed by atoms with van der Waals surface area (Å²) < 4.78 is 12.6. The SMILES string of the molecule is COc1ccc(CNc2nc3ccccc3c3c(=O)c4ccccc4sc23)cc1OC. The molecule has 5 rings (SSSR count). The molecule has 0 amide bonds. The molecule has 154 valence electrons. The summed E-state index contributed by atoms with van der Waals surface area (Å²) in [4.78, 5) is 18.3. The van der Waals surface area contributed by atoms with Gasteiger partial charge in [-0.25, -0.2) is 4.98 Å². The monoisotopic (exact) mass is 428 g/mol. The Labute approximate surface area is 182 Å². The van der Waals surface area contributed by atoms with Crippen molar-refractivity contribution in [2.75, 3.05) is 19.5 Å². The van der Waals surface area contributed by atoms with E-state index in [9.17, 15) is 4.79 Å². The van der Waals surface area contributed by atoms with Crippen LogP contribution in [0.3, 0.4) is 0 Å². The van der Waals surface area contributed by atoms with E-state index in [0.29, 0.717) is 29.2 Å². The van der Waals surface area contributed by atoms with Gasteiger partial charge in [0, 0.05) is 22.0 Å². The highest BCUT2D eigenvalue weighted by atomic mass is 32.1. The van der Waals surface area contributed by atoms with Crippen molar-refractivity contribution in [3.63, 3.8) is 0 Å². The molecular formula is C25H20N2O3S. The third kappa shape index (κ3) is 3.35. The number of rotatable bonds is 5. The Morgan fingerprint density at radius 3 is 2.45 bits per heavy atom. The third-order valence-electron chi connectivity index (χ3n) is 5.33. The molecule has 0 aliphatic carbocycles. The van der Waals surface area contributed by atoms with E-state index in [1.807, 2.05) is 66.7 Å². The molecule has 31 heavy (non-hydrogen) atoms. The van der Waals surface area contributed by atoms with Crippen LogP contribution in [0, 0.1) is 0 Å². The lowest BCUT2D eigenvalue weighted by Crippen LogP contribution is -2.07. The van der Waals surface area contributed by atoms with Gasteiger partial charge in [-0.3, -0.25) is 4.79 Å². The number of aromatic nitrogens is 1. The average Bonchev–Trinajstić information content (AvgIpc) is 2.82. The van der Waals surface area contributed by atoms with E-state index in [-0.39, 0.29) is 5.43 Å². The van der Waals surface area contributed by atoms with Crippen molar-refractivity contribution in [3.05, 3.63) is 82.5 Å². The minimum absolute atomic E-state index is 0.0390. The van der Waals surface area contributed by atoms with Crippen LogP contribution < -0.4 is 20.2 Å². The van der Waals surface area contributed by atoms with Crippen LogP contribution in [-0.2, 0) is 6.54 Å². The molecule has 2 aromatic heterocycles. The molecule has 3 aromatic carbocycles. The lowest BCUT2D eigenvalue weighted by Gasteiger charge is -2.13. The van der Waals surface area contributed by atoms with Crippen molar-refractivity contribution in [2.45, 2.75) is 6.54 Å². The Kier molecular flexibility index (Phi) is 4.92. The predicted molar refractivity (Wildman–Crippen MR) is 128 cm³/mol. The summed E-state index contributed by atoms with van der Waals surface area (Å²) in [5.41, 5.74) is 1.86. The molecule has 0 aliphatic rings. The molecule has 1 N–H and O–H groups in total. The molecule has 2 heterocycles. The number of hydrogen-bond donors (Lipinski definition) is 1. The van der Waals surface area contributed by atoms with Crippen molar-refractivity contribution in [1.29, 1.82) is 0 Å². The maximum absolute atomic E-state index is 13.4.